The third-order valence-electron chi connectivity index (χ3n) is 1.13. The number of nitrogens with zero attached hydrogens (tertiary/aromatic N) is 1. The first kappa shape index (κ1) is 11.2. The van der Waals surface area contributed by atoms with Crippen molar-refractivity contribution in [1.29, 1.82) is 0 Å². The van der Waals surface area contributed by atoms with Crippen molar-refractivity contribution in [3.8, 4) is 0 Å². The molecule has 0 rings (SSSR count). The molecule has 0 bridgehead atoms. The normalized spacial score (nSPS) is 13.8. The molecule has 0 aromatic rings. The smallest absolute Gasteiger partial charge is 0.412 e. The Bertz CT molecular complexity index is 160. The molecule has 0 aliphatic carbocycles. The van der Waals surface area contributed by atoms with Gasteiger partial charge >= 0.3 is 6.09 Å². The molecule has 4 nitrogen and oxygen atoms in total. The number of hydrogen-bond acceptors (Lipinski definition) is 3. The minimum atomic E-state index is -1.07. The van der Waals surface area contributed by atoms with E-state index >= 15 is 0 Å². The zero-order valence-electron chi connectivity index (χ0n) is 8.00. The highest BCUT2D eigenvalue weighted by Gasteiger charge is 2.21. The van der Waals surface area contributed by atoms with E-state index in [9.17, 15) is 4.79 Å². The molecule has 0 aromatic heterocycles. The van der Waals surface area contributed by atoms with Crippen LogP contribution in [0.25, 0.3) is 0 Å². The van der Waals surface area contributed by atoms with Gasteiger partial charge in [-0.05, 0) is 27.7 Å². The number of amides is 1. The summed E-state index contributed by atoms with van der Waals surface area (Å²) >= 11 is 0. The van der Waals surface area contributed by atoms with Gasteiger partial charge in [0.25, 0.3) is 0 Å². The van der Waals surface area contributed by atoms with Crippen LogP contribution in [0.2, 0.25) is 0 Å². The van der Waals surface area contributed by atoms with E-state index in [0.717, 1.165) is 4.90 Å². The lowest BCUT2D eigenvalue weighted by atomic mass is 10.2. The molecule has 1 amide bonds. The highest BCUT2D eigenvalue weighted by atomic mass is 16.6. The molecule has 0 aliphatic rings. The molecule has 12 heavy (non-hydrogen) atoms. The monoisotopic (exact) mass is 174 g/mol. The molecule has 1 atom stereocenters. The molecule has 0 fully saturated rings. The van der Waals surface area contributed by atoms with E-state index in [4.69, 9.17) is 9.84 Å². The summed E-state index contributed by atoms with van der Waals surface area (Å²) in [5, 5.41) is 8.90. The molecule has 0 spiro atoms. The highest BCUT2D eigenvalue weighted by Crippen LogP contribution is 2.09. The topological polar surface area (TPSA) is 49.8 Å². The molecular weight excluding hydrogens is 158 g/mol. The lowest BCUT2D eigenvalue weighted by Crippen LogP contribution is -2.39. The molecule has 71 valence electrons. The molecule has 0 aromatic carbocycles. The molecule has 0 saturated carbocycles. The van der Waals surface area contributed by atoms with E-state index < -0.39 is 17.9 Å². The molecule has 1 N–H and O–H groups in total. The zero-order valence-corrected chi connectivity index (χ0v) is 8.00. The third kappa shape index (κ3) is 4.18. The molecule has 4 heteroatoms. The Hall–Kier alpha value is -0.770. The summed E-state index contributed by atoms with van der Waals surface area (Å²) < 4.78 is 4.95. The van der Waals surface area contributed by atoms with Crippen molar-refractivity contribution in [2.24, 2.45) is 0 Å². The highest BCUT2D eigenvalue weighted by molar-refractivity contribution is 5.67. The van der Waals surface area contributed by atoms with Gasteiger partial charge in [0.05, 0.1) is 0 Å². The van der Waals surface area contributed by atoms with E-state index in [1.807, 2.05) is 0 Å². The van der Waals surface area contributed by atoms with Crippen LogP contribution < -0.4 is 0 Å². The van der Waals surface area contributed by atoms with Crippen molar-refractivity contribution in [1.82, 2.24) is 4.90 Å². The lowest BCUT2D eigenvalue weighted by molar-refractivity contribution is -0.00487. The first-order chi connectivity index (χ1) is 5.24. The number of ether oxygens (including phenoxy) is 1. The molecule has 0 heterocycles. The summed E-state index contributed by atoms with van der Waals surface area (Å²) in [6.07, 6.45) is -1.65. The molecule has 1 radical (unpaired) electrons. The second-order valence-corrected chi connectivity index (χ2v) is 3.57. The number of rotatable bonds is 1. The fourth-order valence-corrected chi connectivity index (χ4v) is 0.456. The predicted octanol–water partition coefficient (Wildman–Crippen LogP) is 1.01. The maximum absolute atomic E-state index is 11.1. The van der Waals surface area contributed by atoms with Crippen LogP contribution in [0.15, 0.2) is 0 Å². The van der Waals surface area contributed by atoms with Gasteiger partial charge in [-0.25, -0.2) is 4.79 Å². The van der Waals surface area contributed by atoms with E-state index in [1.165, 1.54) is 7.05 Å². The first-order valence-electron chi connectivity index (χ1n) is 3.71. The maximum atomic E-state index is 11.1. The summed E-state index contributed by atoms with van der Waals surface area (Å²) in [6.45, 7) is 8.54. The van der Waals surface area contributed by atoms with Gasteiger partial charge in [-0.15, -0.1) is 0 Å². The Balaban J connectivity index is 4.05. The number of hydrogen-bond donors (Lipinski definition) is 1. The van der Waals surface area contributed by atoms with Crippen LogP contribution >= 0.6 is 0 Å². The van der Waals surface area contributed by atoms with E-state index in [0.29, 0.717) is 0 Å². The number of aliphatic hydroxyl groups excluding tert-OH is 1. The summed E-state index contributed by atoms with van der Waals surface area (Å²) in [4.78, 5) is 12.1. The average molecular weight is 174 g/mol. The molecule has 1 unspecified atom stereocenters. The fourth-order valence-electron chi connectivity index (χ4n) is 0.456. The summed E-state index contributed by atoms with van der Waals surface area (Å²) in [5.41, 5.74) is -0.541. The Kier molecular flexibility index (Phi) is 3.52. The van der Waals surface area contributed by atoms with Crippen LogP contribution in [0.3, 0.4) is 0 Å². The van der Waals surface area contributed by atoms with E-state index in [2.05, 4.69) is 6.92 Å². The molecular formula is C8H16NO3. The quantitative estimate of drug-likeness (QED) is 0.603. The first-order valence-corrected chi connectivity index (χ1v) is 3.71. The van der Waals surface area contributed by atoms with Gasteiger partial charge in [0, 0.05) is 7.05 Å². The van der Waals surface area contributed by atoms with E-state index in [1.54, 1.807) is 20.8 Å². The van der Waals surface area contributed by atoms with Crippen LogP contribution in [-0.2, 0) is 4.74 Å². The Morgan fingerprint density at radius 3 is 2.25 bits per heavy atom. The molecule has 0 aliphatic heterocycles. The van der Waals surface area contributed by atoms with Crippen molar-refractivity contribution in [2.75, 3.05) is 7.05 Å². The van der Waals surface area contributed by atoms with Crippen LogP contribution in [0.1, 0.15) is 20.8 Å². The number of carbonyl (C=O) groups is 1. The minimum Gasteiger partial charge on any atom is -0.444 e. The largest absolute Gasteiger partial charge is 0.444 e. The van der Waals surface area contributed by atoms with Crippen LogP contribution in [-0.4, -0.2) is 35.0 Å². The number of aliphatic hydroxyl groups is 1. The van der Waals surface area contributed by atoms with Crippen molar-refractivity contribution in [2.45, 2.75) is 32.6 Å². The SMILES string of the molecule is [CH2]C(O)N(C)C(=O)OC(C)(C)C. The van der Waals surface area contributed by atoms with Crippen molar-refractivity contribution in [3.63, 3.8) is 0 Å². The molecule has 0 saturated heterocycles. The predicted molar refractivity (Wildman–Crippen MR) is 45.4 cm³/mol. The fraction of sp³-hybridized carbons (Fsp3) is 0.750. The zero-order chi connectivity index (χ0) is 9.94. The second-order valence-electron chi connectivity index (χ2n) is 3.57. The van der Waals surface area contributed by atoms with Crippen LogP contribution in [0.5, 0.6) is 0 Å². The van der Waals surface area contributed by atoms with Crippen molar-refractivity contribution >= 4 is 6.09 Å². The van der Waals surface area contributed by atoms with Gasteiger partial charge in [0.2, 0.25) is 0 Å². The van der Waals surface area contributed by atoms with E-state index in [-0.39, 0.29) is 0 Å². The van der Waals surface area contributed by atoms with Gasteiger partial charge in [-0.2, -0.15) is 0 Å². The van der Waals surface area contributed by atoms with Crippen molar-refractivity contribution in [3.05, 3.63) is 6.92 Å². The number of carbonyl (C=O) groups excluding carboxylic acids is 1. The standard InChI is InChI=1S/C8H16NO3/c1-6(10)9(5)7(11)12-8(2,3)4/h6,10H,1H2,2-5H3. The van der Waals surface area contributed by atoms with Gasteiger partial charge in [0.1, 0.15) is 11.8 Å². The minimum absolute atomic E-state index is 0.541. The summed E-state index contributed by atoms with van der Waals surface area (Å²) in [5.74, 6) is 0. The summed E-state index contributed by atoms with van der Waals surface area (Å²) in [7, 11) is 1.42. The van der Waals surface area contributed by atoms with Gasteiger partial charge in [0.15, 0.2) is 0 Å². The second kappa shape index (κ2) is 3.76. The van der Waals surface area contributed by atoms with Gasteiger partial charge in [-0.3, -0.25) is 4.90 Å². The lowest BCUT2D eigenvalue weighted by Gasteiger charge is -2.25. The van der Waals surface area contributed by atoms with Gasteiger partial charge < -0.3 is 9.84 Å². The maximum Gasteiger partial charge on any atom is 0.412 e. The van der Waals surface area contributed by atoms with Crippen molar-refractivity contribution < 1.29 is 14.6 Å². The Morgan fingerprint density at radius 1 is 1.58 bits per heavy atom. The third-order valence-corrected chi connectivity index (χ3v) is 1.13. The van der Waals surface area contributed by atoms with Gasteiger partial charge in [-0.1, -0.05) is 0 Å². The van der Waals surface area contributed by atoms with Crippen LogP contribution in [0.4, 0.5) is 4.79 Å². The Morgan fingerprint density at radius 2 is 2.00 bits per heavy atom. The summed E-state index contributed by atoms with van der Waals surface area (Å²) in [6, 6.07) is 0. The van der Waals surface area contributed by atoms with Crippen LogP contribution in [0, 0.1) is 6.92 Å². The average Bonchev–Trinajstić information content (AvgIpc) is 1.82. The Labute approximate surface area is 73.1 Å².